The second-order valence-electron chi connectivity index (χ2n) is 5.20. The Bertz CT molecular complexity index is 280. The van der Waals surface area contributed by atoms with Gasteiger partial charge in [-0.3, -0.25) is 4.79 Å². The summed E-state index contributed by atoms with van der Waals surface area (Å²) in [5.74, 6) is -0.116. The number of hydrogen-bond acceptors (Lipinski definition) is 4. The fourth-order valence-corrected chi connectivity index (χ4v) is 2.32. The lowest BCUT2D eigenvalue weighted by Gasteiger charge is -2.33. The van der Waals surface area contributed by atoms with E-state index in [9.17, 15) is 9.90 Å². The molecule has 0 aromatic rings. The third kappa shape index (κ3) is 2.97. The summed E-state index contributed by atoms with van der Waals surface area (Å²) >= 11 is 0. The van der Waals surface area contributed by atoms with Gasteiger partial charge in [-0.05, 0) is 19.8 Å². The van der Waals surface area contributed by atoms with E-state index in [-0.39, 0.29) is 12.5 Å². The second-order valence-corrected chi connectivity index (χ2v) is 5.20. The molecule has 0 bridgehead atoms. The van der Waals surface area contributed by atoms with Gasteiger partial charge < -0.3 is 19.9 Å². The number of hydrogen-bond donors (Lipinski definition) is 2. The van der Waals surface area contributed by atoms with E-state index in [0.717, 1.165) is 12.8 Å². The quantitative estimate of drug-likeness (QED) is 0.743. The van der Waals surface area contributed by atoms with E-state index in [2.05, 4.69) is 5.32 Å². The minimum Gasteiger partial charge on any atom is -0.388 e. The Morgan fingerprint density at radius 3 is 2.59 bits per heavy atom. The van der Waals surface area contributed by atoms with Crippen LogP contribution in [0.1, 0.15) is 32.6 Å². The molecule has 17 heavy (non-hydrogen) atoms. The highest BCUT2D eigenvalue weighted by Crippen LogP contribution is 2.26. The zero-order chi connectivity index (χ0) is 12.4. The first kappa shape index (κ1) is 12.8. The van der Waals surface area contributed by atoms with Crippen LogP contribution in [0, 0.1) is 0 Å². The van der Waals surface area contributed by atoms with E-state index in [1.165, 1.54) is 0 Å². The van der Waals surface area contributed by atoms with Crippen LogP contribution in [0.25, 0.3) is 0 Å². The molecular weight excluding hydrogens is 222 g/mol. The third-order valence-electron chi connectivity index (χ3n) is 3.70. The fourth-order valence-electron chi connectivity index (χ4n) is 2.32. The molecule has 5 heteroatoms. The highest BCUT2D eigenvalue weighted by atomic mass is 16.5. The molecule has 5 nitrogen and oxygen atoms in total. The predicted molar refractivity (Wildman–Crippen MR) is 61.6 cm³/mol. The van der Waals surface area contributed by atoms with Crippen molar-refractivity contribution in [3.63, 3.8) is 0 Å². The monoisotopic (exact) mass is 243 g/mol. The van der Waals surface area contributed by atoms with Crippen LogP contribution in [0.15, 0.2) is 0 Å². The van der Waals surface area contributed by atoms with Gasteiger partial charge >= 0.3 is 0 Å². The summed E-state index contributed by atoms with van der Waals surface area (Å²) in [5, 5.41) is 13.0. The maximum atomic E-state index is 12.0. The van der Waals surface area contributed by atoms with E-state index in [1.807, 2.05) is 6.92 Å². The van der Waals surface area contributed by atoms with E-state index in [0.29, 0.717) is 32.7 Å². The topological polar surface area (TPSA) is 67.8 Å². The molecule has 1 atom stereocenters. The summed E-state index contributed by atoms with van der Waals surface area (Å²) in [4.78, 5) is 12.0. The summed E-state index contributed by atoms with van der Waals surface area (Å²) in [6.45, 7) is 3.85. The standard InChI is InChI=1S/C12H21NO4/c1-11(3-2-6-17-11)10(14)13-9-12(15)4-7-16-8-5-12/h15H,2-9H2,1H3,(H,13,14). The zero-order valence-corrected chi connectivity index (χ0v) is 10.3. The average Bonchev–Trinajstić information content (AvgIpc) is 2.75. The smallest absolute Gasteiger partial charge is 0.252 e. The maximum absolute atomic E-state index is 12.0. The fraction of sp³-hybridized carbons (Fsp3) is 0.917. The lowest BCUT2D eigenvalue weighted by atomic mass is 9.93. The molecule has 2 rings (SSSR count). The SMILES string of the molecule is CC1(C(=O)NCC2(O)CCOCC2)CCCO1. The molecule has 0 aromatic carbocycles. The summed E-state index contributed by atoms with van der Waals surface area (Å²) in [6, 6.07) is 0. The van der Waals surface area contributed by atoms with E-state index in [1.54, 1.807) is 0 Å². The van der Waals surface area contributed by atoms with Crippen molar-refractivity contribution in [2.75, 3.05) is 26.4 Å². The number of carbonyl (C=O) groups excluding carboxylic acids is 1. The van der Waals surface area contributed by atoms with Crippen molar-refractivity contribution >= 4 is 5.91 Å². The highest BCUT2D eigenvalue weighted by Gasteiger charge is 2.39. The number of ether oxygens (including phenoxy) is 2. The third-order valence-corrected chi connectivity index (χ3v) is 3.70. The highest BCUT2D eigenvalue weighted by molar-refractivity contribution is 5.85. The van der Waals surface area contributed by atoms with Gasteiger partial charge in [0.25, 0.3) is 5.91 Å². The van der Waals surface area contributed by atoms with Gasteiger partial charge in [0.1, 0.15) is 5.60 Å². The normalized spacial score (nSPS) is 32.4. The van der Waals surface area contributed by atoms with Gasteiger partial charge in [-0.1, -0.05) is 0 Å². The van der Waals surface area contributed by atoms with Crippen LogP contribution in [-0.4, -0.2) is 48.6 Å². The molecule has 0 aromatic heterocycles. The van der Waals surface area contributed by atoms with Gasteiger partial charge in [-0.15, -0.1) is 0 Å². The van der Waals surface area contributed by atoms with Crippen LogP contribution < -0.4 is 5.32 Å². The van der Waals surface area contributed by atoms with Crippen molar-refractivity contribution in [2.24, 2.45) is 0 Å². The molecular formula is C12H21NO4. The number of carbonyl (C=O) groups is 1. The first-order valence-electron chi connectivity index (χ1n) is 6.27. The lowest BCUT2D eigenvalue weighted by Crippen LogP contribution is -2.51. The first-order valence-corrected chi connectivity index (χ1v) is 6.27. The van der Waals surface area contributed by atoms with Crippen LogP contribution in [0.5, 0.6) is 0 Å². The zero-order valence-electron chi connectivity index (χ0n) is 10.3. The number of rotatable bonds is 3. The molecule has 0 spiro atoms. The molecule has 98 valence electrons. The first-order chi connectivity index (χ1) is 8.04. The summed E-state index contributed by atoms with van der Waals surface area (Å²) < 4.78 is 10.7. The van der Waals surface area contributed by atoms with Crippen molar-refractivity contribution in [2.45, 2.75) is 43.8 Å². The Kier molecular flexibility index (Phi) is 3.70. The molecule has 2 aliphatic heterocycles. The Labute approximate surface area is 101 Å². The second kappa shape index (κ2) is 4.92. The van der Waals surface area contributed by atoms with Crippen LogP contribution in [0.3, 0.4) is 0 Å². The van der Waals surface area contributed by atoms with E-state index in [4.69, 9.17) is 9.47 Å². The summed E-state index contributed by atoms with van der Waals surface area (Å²) in [7, 11) is 0. The molecule has 2 saturated heterocycles. The van der Waals surface area contributed by atoms with Crippen molar-refractivity contribution in [3.05, 3.63) is 0 Å². The molecule has 2 heterocycles. The molecule has 1 amide bonds. The van der Waals surface area contributed by atoms with E-state index < -0.39 is 11.2 Å². The van der Waals surface area contributed by atoms with Crippen LogP contribution in [0.4, 0.5) is 0 Å². The van der Waals surface area contributed by atoms with Crippen molar-refractivity contribution in [1.29, 1.82) is 0 Å². The van der Waals surface area contributed by atoms with Crippen molar-refractivity contribution in [1.82, 2.24) is 5.32 Å². The molecule has 2 aliphatic rings. The van der Waals surface area contributed by atoms with Crippen LogP contribution >= 0.6 is 0 Å². The minimum absolute atomic E-state index is 0.116. The molecule has 0 saturated carbocycles. The Morgan fingerprint density at radius 2 is 2.00 bits per heavy atom. The largest absolute Gasteiger partial charge is 0.388 e. The number of nitrogens with one attached hydrogen (secondary N) is 1. The minimum atomic E-state index is -0.817. The average molecular weight is 243 g/mol. The van der Waals surface area contributed by atoms with Gasteiger partial charge in [-0.25, -0.2) is 0 Å². The van der Waals surface area contributed by atoms with Crippen LogP contribution in [-0.2, 0) is 14.3 Å². The molecule has 0 radical (unpaired) electrons. The number of amides is 1. The van der Waals surface area contributed by atoms with E-state index >= 15 is 0 Å². The van der Waals surface area contributed by atoms with Gasteiger partial charge in [0, 0.05) is 39.2 Å². The Hall–Kier alpha value is -0.650. The summed E-state index contributed by atoms with van der Waals surface area (Å²) in [6.07, 6.45) is 2.82. The van der Waals surface area contributed by atoms with Gasteiger partial charge in [0.05, 0.1) is 5.60 Å². The lowest BCUT2D eigenvalue weighted by molar-refractivity contribution is -0.141. The molecule has 1 unspecified atom stereocenters. The molecule has 2 N–H and O–H groups in total. The van der Waals surface area contributed by atoms with Crippen molar-refractivity contribution < 1.29 is 19.4 Å². The van der Waals surface area contributed by atoms with Gasteiger partial charge in [-0.2, -0.15) is 0 Å². The van der Waals surface area contributed by atoms with Crippen molar-refractivity contribution in [3.8, 4) is 0 Å². The van der Waals surface area contributed by atoms with Gasteiger partial charge in [0.15, 0.2) is 0 Å². The van der Waals surface area contributed by atoms with Gasteiger partial charge in [0.2, 0.25) is 0 Å². The molecule has 2 fully saturated rings. The Morgan fingerprint density at radius 1 is 1.29 bits per heavy atom. The van der Waals surface area contributed by atoms with Crippen LogP contribution in [0.2, 0.25) is 0 Å². The Balaban J connectivity index is 1.83. The maximum Gasteiger partial charge on any atom is 0.252 e. The molecule has 0 aliphatic carbocycles. The number of aliphatic hydroxyl groups is 1. The summed E-state index contributed by atoms with van der Waals surface area (Å²) in [5.41, 5.74) is -1.52. The predicted octanol–water partition coefficient (Wildman–Crippen LogP) is 0.213.